The van der Waals surface area contributed by atoms with Crippen LogP contribution in [0.15, 0.2) is 24.8 Å². The molecule has 0 aromatic heterocycles. The quantitative estimate of drug-likeness (QED) is 0.572. The van der Waals surface area contributed by atoms with E-state index in [9.17, 15) is 0 Å². The first-order chi connectivity index (χ1) is 4.06. The lowest BCUT2D eigenvalue weighted by atomic mass is 10.1. The van der Waals surface area contributed by atoms with E-state index in [0.29, 0.717) is 0 Å². The monoisotopic (exact) mass is 126 g/mol. The minimum atomic E-state index is -0.678. The molecule has 0 heterocycles. The molecule has 0 saturated carbocycles. The number of aliphatic hydroxyl groups is 1. The minimum Gasteiger partial charge on any atom is -0.386 e. The lowest BCUT2D eigenvalue weighted by Crippen LogP contribution is -2.13. The van der Waals surface area contributed by atoms with Gasteiger partial charge in [0.25, 0.3) is 0 Å². The Kier molecular flexibility index (Phi) is 3.25. The van der Waals surface area contributed by atoms with E-state index in [1.807, 2.05) is 6.08 Å². The van der Waals surface area contributed by atoms with Crippen LogP contribution in [0.2, 0.25) is 0 Å². The second-order valence-corrected chi connectivity index (χ2v) is 2.58. The molecule has 0 spiro atoms. The Morgan fingerprint density at radius 2 is 2.11 bits per heavy atom. The molecule has 0 aliphatic heterocycles. The summed E-state index contributed by atoms with van der Waals surface area (Å²) < 4.78 is 0. The Labute approximate surface area is 56.7 Å². The van der Waals surface area contributed by atoms with E-state index in [2.05, 4.69) is 6.58 Å². The zero-order valence-electron chi connectivity index (χ0n) is 6.09. The molecule has 0 aliphatic carbocycles. The molecular weight excluding hydrogens is 112 g/mol. The van der Waals surface area contributed by atoms with Gasteiger partial charge in [-0.2, -0.15) is 0 Å². The predicted molar refractivity (Wildman–Crippen MR) is 40.3 cm³/mol. The van der Waals surface area contributed by atoms with Crippen molar-refractivity contribution in [3.63, 3.8) is 0 Å². The smallest absolute Gasteiger partial charge is 0.0771 e. The summed E-state index contributed by atoms with van der Waals surface area (Å²) in [5, 5.41) is 9.12. The molecule has 0 atom stereocenters. The molecular formula is C8H14O. The molecule has 0 aromatic rings. The maximum Gasteiger partial charge on any atom is 0.0771 e. The van der Waals surface area contributed by atoms with Crippen molar-refractivity contribution in [2.75, 3.05) is 0 Å². The van der Waals surface area contributed by atoms with Gasteiger partial charge in [-0.05, 0) is 20.3 Å². The summed E-state index contributed by atoms with van der Waals surface area (Å²) in [4.78, 5) is 0. The summed E-state index contributed by atoms with van der Waals surface area (Å²) in [6.07, 6.45) is 6.27. The SMILES string of the molecule is C=CC/C=C\C(C)(C)O. The van der Waals surface area contributed by atoms with E-state index in [1.54, 1.807) is 26.0 Å². The average Bonchev–Trinajstić information content (AvgIpc) is 1.63. The van der Waals surface area contributed by atoms with Gasteiger partial charge in [0.1, 0.15) is 0 Å². The Balaban J connectivity index is 3.57. The van der Waals surface area contributed by atoms with Crippen molar-refractivity contribution in [1.82, 2.24) is 0 Å². The Morgan fingerprint density at radius 1 is 1.56 bits per heavy atom. The van der Waals surface area contributed by atoms with Crippen molar-refractivity contribution in [3.8, 4) is 0 Å². The normalized spacial score (nSPS) is 12.3. The Hall–Kier alpha value is -0.560. The van der Waals surface area contributed by atoms with Crippen molar-refractivity contribution < 1.29 is 5.11 Å². The van der Waals surface area contributed by atoms with Gasteiger partial charge in [-0.25, -0.2) is 0 Å². The number of rotatable bonds is 3. The molecule has 0 bridgehead atoms. The van der Waals surface area contributed by atoms with Gasteiger partial charge in [-0.1, -0.05) is 18.2 Å². The highest BCUT2D eigenvalue weighted by Gasteiger charge is 2.03. The summed E-state index contributed by atoms with van der Waals surface area (Å²) in [6.45, 7) is 7.03. The summed E-state index contributed by atoms with van der Waals surface area (Å²) in [5.41, 5.74) is -0.678. The van der Waals surface area contributed by atoms with Crippen LogP contribution < -0.4 is 0 Å². The molecule has 1 nitrogen and oxygen atoms in total. The lowest BCUT2D eigenvalue weighted by molar-refractivity contribution is 0.133. The first kappa shape index (κ1) is 8.44. The van der Waals surface area contributed by atoms with Gasteiger partial charge in [-0.3, -0.25) is 0 Å². The second-order valence-electron chi connectivity index (χ2n) is 2.58. The van der Waals surface area contributed by atoms with Crippen LogP contribution in [0, 0.1) is 0 Å². The van der Waals surface area contributed by atoms with Gasteiger partial charge in [-0.15, -0.1) is 6.58 Å². The number of hydrogen-bond acceptors (Lipinski definition) is 1. The van der Waals surface area contributed by atoms with Crippen molar-refractivity contribution in [1.29, 1.82) is 0 Å². The lowest BCUT2D eigenvalue weighted by Gasteiger charge is -2.09. The first-order valence-corrected chi connectivity index (χ1v) is 3.07. The molecule has 0 rings (SSSR count). The van der Waals surface area contributed by atoms with Gasteiger partial charge in [0, 0.05) is 0 Å². The van der Waals surface area contributed by atoms with Crippen LogP contribution in [0.1, 0.15) is 20.3 Å². The van der Waals surface area contributed by atoms with Gasteiger partial charge in [0.2, 0.25) is 0 Å². The third-order valence-corrected chi connectivity index (χ3v) is 0.828. The van der Waals surface area contributed by atoms with E-state index in [-0.39, 0.29) is 0 Å². The summed E-state index contributed by atoms with van der Waals surface area (Å²) >= 11 is 0. The third kappa shape index (κ3) is 7.44. The fraction of sp³-hybridized carbons (Fsp3) is 0.500. The molecule has 9 heavy (non-hydrogen) atoms. The highest BCUT2D eigenvalue weighted by atomic mass is 16.3. The van der Waals surface area contributed by atoms with Crippen LogP contribution in [0.5, 0.6) is 0 Å². The van der Waals surface area contributed by atoms with E-state index >= 15 is 0 Å². The van der Waals surface area contributed by atoms with Gasteiger partial charge < -0.3 is 5.11 Å². The van der Waals surface area contributed by atoms with E-state index in [1.165, 1.54) is 0 Å². The largest absolute Gasteiger partial charge is 0.386 e. The van der Waals surface area contributed by atoms with Crippen molar-refractivity contribution >= 4 is 0 Å². The maximum atomic E-state index is 9.12. The van der Waals surface area contributed by atoms with E-state index in [0.717, 1.165) is 6.42 Å². The molecule has 0 fully saturated rings. The molecule has 1 N–H and O–H groups in total. The standard InChI is InChI=1S/C8H14O/c1-4-5-6-7-8(2,3)9/h4,6-7,9H,1,5H2,2-3H3/b7-6-. The molecule has 0 aliphatic rings. The van der Waals surface area contributed by atoms with Crippen molar-refractivity contribution in [2.45, 2.75) is 25.9 Å². The fourth-order valence-corrected chi connectivity index (χ4v) is 0.453. The molecule has 0 aromatic carbocycles. The first-order valence-electron chi connectivity index (χ1n) is 3.07. The summed E-state index contributed by atoms with van der Waals surface area (Å²) in [7, 11) is 0. The van der Waals surface area contributed by atoms with Crippen LogP contribution in [-0.2, 0) is 0 Å². The highest BCUT2D eigenvalue weighted by Crippen LogP contribution is 2.02. The van der Waals surface area contributed by atoms with Crippen molar-refractivity contribution in [3.05, 3.63) is 24.8 Å². The molecule has 0 amide bonds. The average molecular weight is 126 g/mol. The Bertz CT molecular complexity index is 106. The maximum absolute atomic E-state index is 9.12. The molecule has 1 heteroatoms. The van der Waals surface area contributed by atoms with E-state index in [4.69, 9.17) is 5.11 Å². The Morgan fingerprint density at radius 3 is 2.44 bits per heavy atom. The number of hydrogen-bond donors (Lipinski definition) is 1. The molecule has 0 radical (unpaired) electrons. The summed E-state index contributed by atoms with van der Waals surface area (Å²) in [6, 6.07) is 0. The molecule has 0 unspecified atom stereocenters. The summed E-state index contributed by atoms with van der Waals surface area (Å²) in [5.74, 6) is 0. The van der Waals surface area contributed by atoms with Crippen LogP contribution in [-0.4, -0.2) is 10.7 Å². The van der Waals surface area contributed by atoms with Crippen LogP contribution in [0.4, 0.5) is 0 Å². The third-order valence-electron chi connectivity index (χ3n) is 0.828. The van der Waals surface area contributed by atoms with Gasteiger partial charge in [0.05, 0.1) is 5.60 Å². The van der Waals surface area contributed by atoms with Crippen LogP contribution in [0.25, 0.3) is 0 Å². The molecule has 0 saturated heterocycles. The van der Waals surface area contributed by atoms with Crippen LogP contribution in [0.3, 0.4) is 0 Å². The topological polar surface area (TPSA) is 20.2 Å². The number of allylic oxidation sites excluding steroid dienone is 2. The van der Waals surface area contributed by atoms with E-state index < -0.39 is 5.60 Å². The van der Waals surface area contributed by atoms with Gasteiger partial charge in [0.15, 0.2) is 0 Å². The predicted octanol–water partition coefficient (Wildman–Crippen LogP) is 1.89. The minimum absolute atomic E-state index is 0.678. The second kappa shape index (κ2) is 3.46. The fourth-order valence-electron chi connectivity index (χ4n) is 0.453. The van der Waals surface area contributed by atoms with Crippen LogP contribution >= 0.6 is 0 Å². The zero-order valence-corrected chi connectivity index (χ0v) is 6.09. The molecule has 52 valence electrons. The van der Waals surface area contributed by atoms with Gasteiger partial charge >= 0.3 is 0 Å². The highest BCUT2D eigenvalue weighted by molar-refractivity contribution is 4.97. The zero-order chi connectivity index (χ0) is 7.33. The van der Waals surface area contributed by atoms with Crippen molar-refractivity contribution in [2.24, 2.45) is 0 Å².